The molecule has 2 amide bonds. The number of piperazine rings is 1. The van der Waals surface area contributed by atoms with E-state index in [-0.39, 0.29) is 29.1 Å². The van der Waals surface area contributed by atoms with Crippen LogP contribution in [0.1, 0.15) is 0 Å². The highest BCUT2D eigenvalue weighted by Gasteiger charge is 2.23. The largest absolute Gasteiger partial charge is 0.352 e. The van der Waals surface area contributed by atoms with Gasteiger partial charge in [-0.1, -0.05) is 0 Å². The zero-order valence-corrected chi connectivity index (χ0v) is 17.8. The van der Waals surface area contributed by atoms with E-state index in [4.69, 9.17) is 0 Å². The van der Waals surface area contributed by atoms with Gasteiger partial charge in [-0.25, -0.2) is 14.4 Å². The summed E-state index contributed by atoms with van der Waals surface area (Å²) < 4.78 is 14.6. The van der Waals surface area contributed by atoms with E-state index in [1.54, 1.807) is 10.9 Å². The Labute approximate surface area is 182 Å². The number of amides is 2. The Balaban J connectivity index is 1.23. The molecular formula is C20H22FN7O2S. The van der Waals surface area contributed by atoms with Gasteiger partial charge in [-0.2, -0.15) is 5.10 Å². The molecule has 11 heteroatoms. The summed E-state index contributed by atoms with van der Waals surface area (Å²) in [6.45, 7) is 2.52. The highest BCUT2D eigenvalue weighted by Crippen LogP contribution is 2.23. The minimum absolute atomic E-state index is 0.00782. The number of aromatic nitrogens is 4. The topological polar surface area (TPSA) is 96.2 Å². The lowest BCUT2D eigenvalue weighted by atomic mass is 10.3. The molecule has 0 saturated carbocycles. The second kappa shape index (κ2) is 9.29. The Morgan fingerprint density at radius 2 is 1.84 bits per heavy atom. The number of fused-ring (bicyclic) bond motifs is 1. The standard InChI is InChI=1S/C20H22FN7O2S/c1-26-19-16(10-24-26)20(23-13-22-19)28-8-6-27(7-9-28)18(30)12-31-11-17(29)25-15-4-2-14(21)3-5-15/h2-5,10,13H,6-9,11-12H2,1H3,(H,25,29). The van der Waals surface area contributed by atoms with Crippen LogP contribution in [0.2, 0.25) is 0 Å². The maximum atomic E-state index is 12.9. The van der Waals surface area contributed by atoms with Gasteiger partial charge in [0, 0.05) is 38.9 Å². The smallest absolute Gasteiger partial charge is 0.234 e. The van der Waals surface area contributed by atoms with Crippen LogP contribution in [0, 0.1) is 5.82 Å². The predicted octanol–water partition coefficient (Wildman–Crippen LogP) is 1.52. The molecule has 1 saturated heterocycles. The molecule has 1 fully saturated rings. The number of halogens is 1. The van der Waals surface area contributed by atoms with Crippen LogP contribution in [0.4, 0.5) is 15.9 Å². The molecule has 1 aliphatic heterocycles. The first-order chi connectivity index (χ1) is 15.0. The Bertz CT molecular complexity index is 1080. The average Bonchev–Trinajstić information content (AvgIpc) is 3.16. The molecule has 0 atom stereocenters. The van der Waals surface area contributed by atoms with E-state index in [0.29, 0.717) is 31.9 Å². The maximum Gasteiger partial charge on any atom is 0.234 e. The maximum absolute atomic E-state index is 12.9. The number of nitrogens with zero attached hydrogens (tertiary/aromatic N) is 6. The summed E-state index contributed by atoms with van der Waals surface area (Å²) in [7, 11) is 1.84. The van der Waals surface area contributed by atoms with Gasteiger partial charge in [-0.05, 0) is 24.3 Å². The quantitative estimate of drug-likeness (QED) is 0.617. The van der Waals surface area contributed by atoms with Gasteiger partial charge >= 0.3 is 0 Å². The van der Waals surface area contributed by atoms with Gasteiger partial charge in [0.1, 0.15) is 18.0 Å². The number of carbonyl (C=O) groups excluding carboxylic acids is 2. The fourth-order valence-electron chi connectivity index (χ4n) is 3.42. The van der Waals surface area contributed by atoms with Gasteiger partial charge < -0.3 is 15.1 Å². The van der Waals surface area contributed by atoms with Crippen LogP contribution >= 0.6 is 11.8 Å². The molecule has 0 aliphatic carbocycles. The average molecular weight is 444 g/mol. The van der Waals surface area contributed by atoms with E-state index in [1.165, 1.54) is 42.4 Å². The molecule has 0 bridgehead atoms. The molecule has 1 N–H and O–H groups in total. The van der Waals surface area contributed by atoms with Gasteiger partial charge in [0.25, 0.3) is 0 Å². The lowest BCUT2D eigenvalue weighted by molar-refractivity contribution is -0.128. The van der Waals surface area contributed by atoms with E-state index in [0.717, 1.165) is 16.9 Å². The molecule has 1 aliphatic rings. The van der Waals surface area contributed by atoms with Crippen molar-refractivity contribution in [3.8, 4) is 0 Å². The first-order valence-corrected chi connectivity index (χ1v) is 11.0. The zero-order valence-electron chi connectivity index (χ0n) is 17.0. The van der Waals surface area contributed by atoms with E-state index in [1.807, 2.05) is 11.9 Å². The number of aryl methyl sites for hydroxylation is 1. The second-order valence-electron chi connectivity index (χ2n) is 7.12. The molecule has 162 valence electrons. The third-order valence-electron chi connectivity index (χ3n) is 5.03. The summed E-state index contributed by atoms with van der Waals surface area (Å²) >= 11 is 1.26. The van der Waals surface area contributed by atoms with Gasteiger partial charge in [0.2, 0.25) is 11.8 Å². The van der Waals surface area contributed by atoms with Gasteiger partial charge in [0.05, 0.1) is 23.1 Å². The second-order valence-corrected chi connectivity index (χ2v) is 8.10. The van der Waals surface area contributed by atoms with Crippen molar-refractivity contribution in [1.29, 1.82) is 0 Å². The highest BCUT2D eigenvalue weighted by molar-refractivity contribution is 8.00. The van der Waals surface area contributed by atoms with E-state index < -0.39 is 0 Å². The van der Waals surface area contributed by atoms with Crippen LogP contribution in [0.25, 0.3) is 11.0 Å². The van der Waals surface area contributed by atoms with E-state index >= 15 is 0 Å². The van der Waals surface area contributed by atoms with Crippen LogP contribution in [0.3, 0.4) is 0 Å². The minimum atomic E-state index is -0.359. The fraction of sp³-hybridized carbons (Fsp3) is 0.350. The lowest BCUT2D eigenvalue weighted by Crippen LogP contribution is -2.49. The van der Waals surface area contributed by atoms with Crippen molar-refractivity contribution in [3.63, 3.8) is 0 Å². The summed E-state index contributed by atoms with van der Waals surface area (Å²) in [4.78, 5) is 37.1. The fourth-order valence-corrected chi connectivity index (χ4v) is 4.14. The molecule has 31 heavy (non-hydrogen) atoms. The molecule has 9 nitrogen and oxygen atoms in total. The molecule has 3 heterocycles. The Hall–Kier alpha value is -3.21. The predicted molar refractivity (Wildman–Crippen MR) is 117 cm³/mol. The normalized spacial score (nSPS) is 14.1. The molecule has 4 rings (SSSR count). The molecule has 0 radical (unpaired) electrons. The minimum Gasteiger partial charge on any atom is -0.352 e. The number of anilines is 2. The first kappa shape index (κ1) is 21.0. The SMILES string of the molecule is Cn1ncc2c(N3CCN(C(=O)CSCC(=O)Nc4ccc(F)cc4)CC3)ncnc21. The van der Waals surface area contributed by atoms with Crippen molar-refractivity contribution < 1.29 is 14.0 Å². The third kappa shape index (κ3) is 4.93. The Morgan fingerprint density at radius 1 is 1.10 bits per heavy atom. The summed E-state index contributed by atoms with van der Waals surface area (Å²) in [5.41, 5.74) is 1.31. The van der Waals surface area contributed by atoms with Crippen molar-refractivity contribution in [2.75, 3.05) is 47.9 Å². The van der Waals surface area contributed by atoms with E-state index in [9.17, 15) is 14.0 Å². The van der Waals surface area contributed by atoms with Crippen LogP contribution in [0.5, 0.6) is 0 Å². The molecule has 1 aromatic carbocycles. The van der Waals surface area contributed by atoms with Gasteiger partial charge in [0.15, 0.2) is 5.65 Å². The number of carbonyl (C=O) groups is 2. The Kier molecular flexibility index (Phi) is 6.31. The zero-order chi connectivity index (χ0) is 21.8. The van der Waals surface area contributed by atoms with Crippen LogP contribution in [0.15, 0.2) is 36.8 Å². The summed E-state index contributed by atoms with van der Waals surface area (Å²) in [5, 5.41) is 7.83. The molecule has 3 aromatic rings. The van der Waals surface area contributed by atoms with Gasteiger partial charge in [-0.3, -0.25) is 14.3 Å². The molecule has 0 spiro atoms. The number of rotatable bonds is 6. The van der Waals surface area contributed by atoms with Crippen LogP contribution < -0.4 is 10.2 Å². The van der Waals surface area contributed by atoms with Gasteiger partial charge in [-0.15, -0.1) is 11.8 Å². The Morgan fingerprint density at radius 3 is 2.58 bits per heavy atom. The van der Waals surface area contributed by atoms with Crippen LogP contribution in [-0.2, 0) is 16.6 Å². The number of thioether (sulfide) groups is 1. The summed E-state index contributed by atoms with van der Waals surface area (Å²) in [5.74, 6) is 0.645. The van der Waals surface area contributed by atoms with Crippen molar-refractivity contribution in [2.24, 2.45) is 7.05 Å². The van der Waals surface area contributed by atoms with Crippen molar-refractivity contribution >= 4 is 46.1 Å². The summed E-state index contributed by atoms with van der Waals surface area (Å²) in [6.07, 6.45) is 3.29. The van der Waals surface area contributed by atoms with Crippen molar-refractivity contribution in [1.82, 2.24) is 24.6 Å². The van der Waals surface area contributed by atoms with Crippen LogP contribution in [-0.4, -0.2) is 74.1 Å². The third-order valence-corrected chi connectivity index (χ3v) is 5.94. The number of benzene rings is 1. The molecule has 2 aromatic heterocycles. The molecule has 0 unspecified atom stereocenters. The van der Waals surface area contributed by atoms with E-state index in [2.05, 4.69) is 25.3 Å². The highest BCUT2D eigenvalue weighted by atomic mass is 32.2. The number of nitrogens with one attached hydrogen (secondary N) is 1. The van der Waals surface area contributed by atoms with Crippen molar-refractivity contribution in [3.05, 3.63) is 42.6 Å². The summed E-state index contributed by atoms with van der Waals surface area (Å²) in [6, 6.07) is 5.57. The number of hydrogen-bond acceptors (Lipinski definition) is 7. The lowest BCUT2D eigenvalue weighted by Gasteiger charge is -2.35. The van der Waals surface area contributed by atoms with Crippen molar-refractivity contribution in [2.45, 2.75) is 0 Å². The first-order valence-electron chi connectivity index (χ1n) is 9.80. The monoisotopic (exact) mass is 443 g/mol. The number of hydrogen-bond donors (Lipinski definition) is 1. The molecular weight excluding hydrogens is 421 g/mol.